The van der Waals surface area contributed by atoms with Gasteiger partial charge in [-0.05, 0) is 41.8 Å². The maximum Gasteiger partial charge on any atom is 0.435 e. The van der Waals surface area contributed by atoms with Crippen LogP contribution in [0.25, 0.3) is 0 Å². The summed E-state index contributed by atoms with van der Waals surface area (Å²) in [4.78, 5) is 18.9. The summed E-state index contributed by atoms with van der Waals surface area (Å²) in [5, 5.41) is 3.35. The third kappa shape index (κ3) is 7.04. The highest BCUT2D eigenvalue weighted by Gasteiger charge is 2.63. The number of hydrogen-bond acceptors (Lipinski definition) is 5. The van der Waals surface area contributed by atoms with Gasteiger partial charge in [0.15, 0.2) is 0 Å². The van der Waals surface area contributed by atoms with Crippen LogP contribution >= 0.6 is 35.1 Å². The molecule has 41 heavy (non-hydrogen) atoms. The molecule has 0 bridgehead atoms. The Bertz CT molecular complexity index is 1280. The second-order valence-electron chi connectivity index (χ2n) is 8.73. The zero-order chi connectivity index (χ0) is 31.0. The van der Waals surface area contributed by atoms with Crippen molar-refractivity contribution < 1.29 is 49.1 Å². The molecule has 0 aromatic heterocycles. The zero-order valence-corrected chi connectivity index (χ0v) is 23.9. The van der Waals surface area contributed by atoms with E-state index in [1.165, 1.54) is 53.7 Å². The molecule has 0 saturated heterocycles. The van der Waals surface area contributed by atoms with Gasteiger partial charge in [0.25, 0.3) is 5.60 Å². The average Bonchev–Trinajstić information content (AvgIpc) is 3.34. The number of thioether (sulfide) groups is 2. The summed E-state index contributed by atoms with van der Waals surface area (Å²) in [6, 6.07) is 3.48. The lowest BCUT2D eigenvalue weighted by atomic mass is 9.84. The van der Waals surface area contributed by atoms with Gasteiger partial charge in [-0.3, -0.25) is 4.79 Å². The van der Waals surface area contributed by atoms with Gasteiger partial charge in [0, 0.05) is 24.6 Å². The molecule has 3 rings (SSSR count). The molecule has 2 aromatic rings. The van der Waals surface area contributed by atoms with E-state index in [4.69, 9.17) is 11.6 Å². The fraction of sp³-hybridized carbons (Fsp3) is 0.440. The maximum atomic E-state index is 14.4. The third-order valence-electron chi connectivity index (χ3n) is 6.05. The number of rotatable bonds is 8. The van der Waals surface area contributed by atoms with Crippen LogP contribution in [0, 0.1) is 0 Å². The molecule has 1 heterocycles. The van der Waals surface area contributed by atoms with E-state index < -0.39 is 57.5 Å². The topological polar surface area (TPSA) is 41.9 Å². The van der Waals surface area contributed by atoms with Crippen LogP contribution in [0.4, 0.5) is 45.2 Å². The molecule has 1 atom stereocenters. The van der Waals surface area contributed by atoms with Crippen molar-refractivity contribution in [2.45, 2.75) is 49.0 Å². The van der Waals surface area contributed by atoms with Gasteiger partial charge in [0.2, 0.25) is 5.91 Å². The second-order valence-corrected chi connectivity index (χ2v) is 12.2. The van der Waals surface area contributed by atoms with Crippen LogP contribution in [0.15, 0.2) is 41.6 Å². The summed E-state index contributed by atoms with van der Waals surface area (Å²) in [6.45, 7) is 3.77. The quantitative estimate of drug-likeness (QED) is 0.211. The monoisotopic (exact) mass is 652 g/mol. The lowest BCUT2D eigenvalue weighted by Crippen LogP contribution is -2.43. The van der Waals surface area contributed by atoms with Crippen molar-refractivity contribution in [2.75, 3.05) is 23.5 Å². The van der Waals surface area contributed by atoms with Crippen LogP contribution in [0.5, 0.6) is 0 Å². The predicted octanol–water partition coefficient (Wildman–Crippen LogP) is 8.75. The van der Waals surface area contributed by atoms with Crippen molar-refractivity contribution in [3.63, 3.8) is 0 Å². The number of hydrogen-bond donors (Lipinski definition) is 0. The lowest BCUT2D eigenvalue weighted by Gasteiger charge is -2.30. The summed E-state index contributed by atoms with van der Waals surface area (Å²) in [6.07, 6.45) is -17.4. The van der Waals surface area contributed by atoms with E-state index in [0.29, 0.717) is 11.5 Å². The Morgan fingerprint density at radius 2 is 1.51 bits per heavy atom. The first-order chi connectivity index (χ1) is 18.9. The van der Waals surface area contributed by atoms with E-state index in [9.17, 15) is 44.3 Å². The lowest BCUT2D eigenvalue weighted by molar-refractivity contribution is -0.276. The van der Waals surface area contributed by atoms with Gasteiger partial charge in [-0.1, -0.05) is 36.7 Å². The number of oxime groups is 1. The van der Waals surface area contributed by atoms with E-state index in [1.54, 1.807) is 0 Å². The smallest absolute Gasteiger partial charge is 0.374 e. The molecule has 1 aliphatic rings. The molecule has 2 aromatic carbocycles. The van der Waals surface area contributed by atoms with Crippen LogP contribution in [0.2, 0.25) is 5.02 Å². The molecule has 1 amide bonds. The fourth-order valence-corrected chi connectivity index (χ4v) is 6.69. The molecule has 0 spiro atoms. The second kappa shape index (κ2) is 12.2. The maximum absolute atomic E-state index is 14.4. The molecule has 1 aliphatic heterocycles. The minimum absolute atomic E-state index is 0.0309. The van der Waals surface area contributed by atoms with Gasteiger partial charge in [-0.2, -0.15) is 39.5 Å². The molecular weight excluding hydrogens is 631 g/mol. The molecule has 0 fully saturated rings. The molecule has 0 radical (unpaired) electrons. The average molecular weight is 653 g/mol. The first-order valence-corrected chi connectivity index (χ1v) is 14.3. The SMILES string of the molecule is CCSC(SCC)C(=O)N(C)c1ccc(C2=NOC(c3cc(C(F)(F)F)cc(C(F)(F)F)c3)(C(F)(F)F)C2)cc1Cl. The van der Waals surface area contributed by atoms with Gasteiger partial charge in [0.1, 0.15) is 4.58 Å². The summed E-state index contributed by atoms with van der Waals surface area (Å²) in [5.41, 5.74) is -9.12. The summed E-state index contributed by atoms with van der Waals surface area (Å²) in [7, 11) is 1.47. The number of nitrogens with zero attached hydrogens (tertiary/aromatic N) is 2. The third-order valence-corrected chi connectivity index (χ3v) is 8.85. The predicted molar refractivity (Wildman–Crippen MR) is 141 cm³/mol. The Balaban J connectivity index is 2.00. The van der Waals surface area contributed by atoms with Crippen LogP contribution in [0.1, 0.15) is 42.5 Å². The number of anilines is 1. The van der Waals surface area contributed by atoms with Crippen LogP contribution in [-0.2, 0) is 27.6 Å². The summed E-state index contributed by atoms with van der Waals surface area (Å²) in [5.74, 6) is 1.06. The number of amides is 1. The molecule has 4 nitrogen and oxygen atoms in total. The normalized spacial score (nSPS) is 18.0. The van der Waals surface area contributed by atoms with E-state index in [-0.39, 0.29) is 40.4 Å². The van der Waals surface area contributed by atoms with Crippen LogP contribution in [0.3, 0.4) is 0 Å². The Morgan fingerprint density at radius 3 is 1.95 bits per heavy atom. The highest BCUT2D eigenvalue weighted by molar-refractivity contribution is 8.18. The van der Waals surface area contributed by atoms with Crippen molar-refractivity contribution in [1.29, 1.82) is 0 Å². The van der Waals surface area contributed by atoms with E-state index in [2.05, 4.69) is 9.99 Å². The first-order valence-electron chi connectivity index (χ1n) is 11.8. The molecule has 226 valence electrons. The molecule has 0 N–H and O–H groups in total. The minimum Gasteiger partial charge on any atom is -0.374 e. The zero-order valence-electron chi connectivity index (χ0n) is 21.5. The number of alkyl halides is 9. The summed E-state index contributed by atoms with van der Waals surface area (Å²) >= 11 is 9.17. The van der Waals surface area contributed by atoms with Crippen LogP contribution < -0.4 is 4.90 Å². The van der Waals surface area contributed by atoms with Crippen molar-refractivity contribution in [2.24, 2.45) is 5.16 Å². The Kier molecular flexibility index (Phi) is 9.86. The van der Waals surface area contributed by atoms with Crippen molar-refractivity contribution in [3.8, 4) is 0 Å². The van der Waals surface area contributed by atoms with Gasteiger partial charge < -0.3 is 9.74 Å². The number of carbonyl (C=O) groups excluding carboxylic acids is 1. The largest absolute Gasteiger partial charge is 0.435 e. The Morgan fingerprint density at radius 1 is 0.976 bits per heavy atom. The number of halogens is 10. The van der Waals surface area contributed by atoms with Crippen molar-refractivity contribution in [1.82, 2.24) is 0 Å². The highest BCUT2D eigenvalue weighted by Crippen LogP contribution is 2.51. The number of benzene rings is 2. The Labute approximate surface area is 242 Å². The molecule has 0 aliphatic carbocycles. The van der Waals surface area contributed by atoms with E-state index in [1.807, 2.05) is 13.8 Å². The molecule has 1 unspecified atom stereocenters. The van der Waals surface area contributed by atoms with Crippen molar-refractivity contribution in [3.05, 3.63) is 63.7 Å². The van der Waals surface area contributed by atoms with E-state index in [0.717, 1.165) is 0 Å². The summed E-state index contributed by atoms with van der Waals surface area (Å²) < 4.78 is 123. The fourth-order valence-electron chi connectivity index (χ4n) is 3.98. The van der Waals surface area contributed by atoms with E-state index >= 15 is 0 Å². The van der Waals surface area contributed by atoms with Gasteiger partial charge in [-0.15, -0.1) is 23.5 Å². The minimum atomic E-state index is -5.47. The van der Waals surface area contributed by atoms with Gasteiger partial charge in [-0.25, -0.2) is 0 Å². The van der Waals surface area contributed by atoms with Crippen LogP contribution in [-0.4, -0.2) is 40.9 Å². The molecule has 16 heteroatoms. The molecular formula is C25H22ClF9N2O2S2. The standard InChI is InChI=1S/C25H22ClF9N2O2S2/c1-4-40-21(41-5-2)20(38)37(3)19-7-6-13(8-17(19)26)18-12-22(39-36-18,25(33,34)35)14-9-15(23(27,28)29)11-16(10-14)24(30,31)32/h6-11,21H,4-5,12H2,1-3H3. The van der Waals surface area contributed by atoms with Crippen molar-refractivity contribution >= 4 is 52.4 Å². The first kappa shape index (κ1) is 33.2. The van der Waals surface area contributed by atoms with Gasteiger partial charge in [0.05, 0.1) is 27.5 Å². The molecule has 0 saturated carbocycles. The van der Waals surface area contributed by atoms with Gasteiger partial charge >= 0.3 is 18.5 Å². The highest BCUT2D eigenvalue weighted by atomic mass is 35.5. The Hall–Kier alpha value is -2.26. The number of carbonyl (C=O) groups is 1.